The predicted molar refractivity (Wildman–Crippen MR) is 51.9 cm³/mol. The van der Waals surface area contributed by atoms with Crippen molar-refractivity contribution in [1.29, 1.82) is 0 Å². The molecule has 1 saturated heterocycles. The third-order valence-corrected chi connectivity index (χ3v) is 2.60. The molecule has 1 unspecified atom stereocenters. The van der Waals surface area contributed by atoms with Crippen molar-refractivity contribution in [1.82, 2.24) is 10.5 Å². The van der Waals surface area contributed by atoms with Crippen molar-refractivity contribution in [2.75, 3.05) is 13.2 Å². The average molecular weight is 196 g/mol. The molecule has 0 amide bonds. The molecule has 2 heterocycles. The maximum atomic E-state index is 8.74. The minimum atomic E-state index is 0.118. The van der Waals surface area contributed by atoms with E-state index in [1.165, 1.54) is 12.8 Å². The zero-order valence-electron chi connectivity index (χ0n) is 8.20. The normalized spacial score (nSPS) is 22.5. The Balaban J connectivity index is 2.00. The zero-order valence-corrected chi connectivity index (χ0v) is 8.20. The van der Waals surface area contributed by atoms with Gasteiger partial charge in [0.05, 0.1) is 12.6 Å². The summed E-state index contributed by atoms with van der Waals surface area (Å²) in [5.41, 5.74) is 0.980. The largest absolute Gasteiger partial charge is 0.396 e. The molecular weight excluding hydrogens is 180 g/mol. The highest BCUT2D eigenvalue weighted by Gasteiger charge is 2.18. The molecule has 4 heteroatoms. The second-order valence-corrected chi connectivity index (χ2v) is 3.69. The minimum absolute atomic E-state index is 0.118. The van der Waals surface area contributed by atoms with Crippen LogP contribution in [0.1, 0.15) is 36.8 Å². The molecule has 14 heavy (non-hydrogen) atoms. The van der Waals surface area contributed by atoms with Gasteiger partial charge in [-0.3, -0.25) is 0 Å². The van der Waals surface area contributed by atoms with Crippen molar-refractivity contribution in [2.24, 2.45) is 0 Å². The van der Waals surface area contributed by atoms with E-state index in [0.29, 0.717) is 12.5 Å². The van der Waals surface area contributed by atoms with Crippen LogP contribution in [0.2, 0.25) is 0 Å². The van der Waals surface area contributed by atoms with E-state index in [9.17, 15) is 0 Å². The molecule has 0 radical (unpaired) electrons. The number of piperidine rings is 1. The topological polar surface area (TPSA) is 58.3 Å². The smallest absolute Gasteiger partial charge is 0.139 e. The third-order valence-electron chi connectivity index (χ3n) is 2.60. The fourth-order valence-electron chi connectivity index (χ4n) is 1.83. The minimum Gasteiger partial charge on any atom is -0.396 e. The van der Waals surface area contributed by atoms with Gasteiger partial charge < -0.3 is 14.9 Å². The Kier molecular flexibility index (Phi) is 3.16. The van der Waals surface area contributed by atoms with Crippen LogP contribution in [0.15, 0.2) is 10.6 Å². The van der Waals surface area contributed by atoms with Crippen LogP contribution in [0, 0.1) is 0 Å². The predicted octanol–water partition coefficient (Wildman–Crippen LogP) is 1.02. The van der Waals surface area contributed by atoms with Crippen molar-refractivity contribution in [3.8, 4) is 0 Å². The highest BCUT2D eigenvalue weighted by atomic mass is 16.5. The fourth-order valence-corrected chi connectivity index (χ4v) is 1.83. The van der Waals surface area contributed by atoms with Crippen LogP contribution in [0.3, 0.4) is 0 Å². The van der Waals surface area contributed by atoms with E-state index in [1.54, 1.807) is 0 Å². The number of rotatable bonds is 3. The maximum Gasteiger partial charge on any atom is 0.139 e. The Labute approximate surface area is 83.3 Å². The number of aromatic nitrogens is 1. The maximum absolute atomic E-state index is 8.74. The molecule has 0 bridgehead atoms. The van der Waals surface area contributed by atoms with E-state index in [4.69, 9.17) is 9.63 Å². The van der Waals surface area contributed by atoms with Gasteiger partial charge in [0, 0.05) is 12.5 Å². The quantitative estimate of drug-likeness (QED) is 0.758. The van der Waals surface area contributed by atoms with Crippen molar-refractivity contribution in [3.05, 3.63) is 17.5 Å². The van der Waals surface area contributed by atoms with Crippen molar-refractivity contribution >= 4 is 0 Å². The lowest BCUT2D eigenvalue weighted by Crippen LogP contribution is -2.26. The first-order chi connectivity index (χ1) is 6.90. The zero-order chi connectivity index (χ0) is 9.80. The van der Waals surface area contributed by atoms with E-state index in [-0.39, 0.29) is 6.61 Å². The van der Waals surface area contributed by atoms with Crippen LogP contribution in [-0.4, -0.2) is 23.4 Å². The molecule has 0 aliphatic carbocycles. The van der Waals surface area contributed by atoms with Gasteiger partial charge in [-0.2, -0.15) is 0 Å². The Morgan fingerprint density at radius 3 is 3.21 bits per heavy atom. The Morgan fingerprint density at radius 2 is 2.50 bits per heavy atom. The monoisotopic (exact) mass is 196 g/mol. The highest BCUT2D eigenvalue weighted by molar-refractivity contribution is 5.10. The Hall–Kier alpha value is -0.870. The summed E-state index contributed by atoms with van der Waals surface area (Å²) in [5.74, 6) is 0.773. The molecule has 1 aromatic rings. The summed E-state index contributed by atoms with van der Waals surface area (Å²) in [7, 11) is 0. The van der Waals surface area contributed by atoms with Gasteiger partial charge in [0.2, 0.25) is 0 Å². The summed E-state index contributed by atoms with van der Waals surface area (Å²) < 4.78 is 5.11. The summed E-state index contributed by atoms with van der Waals surface area (Å²) in [5, 5.41) is 16.2. The average Bonchev–Trinajstić information content (AvgIpc) is 2.68. The van der Waals surface area contributed by atoms with Gasteiger partial charge >= 0.3 is 0 Å². The molecule has 1 atom stereocenters. The van der Waals surface area contributed by atoms with E-state index in [1.807, 2.05) is 6.07 Å². The van der Waals surface area contributed by atoms with Gasteiger partial charge in [0.15, 0.2) is 0 Å². The number of hydrogen-bond donors (Lipinski definition) is 2. The molecule has 1 fully saturated rings. The number of hydrogen-bond acceptors (Lipinski definition) is 4. The molecule has 78 valence electrons. The van der Waals surface area contributed by atoms with Crippen molar-refractivity contribution < 1.29 is 9.63 Å². The number of nitrogens with zero attached hydrogens (tertiary/aromatic N) is 1. The lowest BCUT2D eigenvalue weighted by Gasteiger charge is -2.20. The second kappa shape index (κ2) is 4.57. The van der Waals surface area contributed by atoms with Crippen molar-refractivity contribution in [3.63, 3.8) is 0 Å². The van der Waals surface area contributed by atoms with Gasteiger partial charge in [0.1, 0.15) is 11.5 Å². The van der Waals surface area contributed by atoms with Gasteiger partial charge in [-0.05, 0) is 19.4 Å². The molecule has 1 aliphatic rings. The SMILES string of the molecule is OCCc1cc(C2CCCCN2)no1. The van der Waals surface area contributed by atoms with Gasteiger partial charge in [-0.1, -0.05) is 11.6 Å². The molecule has 2 rings (SSSR count). The lowest BCUT2D eigenvalue weighted by atomic mass is 10.0. The number of nitrogens with one attached hydrogen (secondary N) is 1. The van der Waals surface area contributed by atoms with E-state index in [0.717, 1.165) is 24.4 Å². The Bertz CT molecular complexity index is 279. The first kappa shape index (κ1) is 9.68. The van der Waals surface area contributed by atoms with E-state index < -0.39 is 0 Å². The standard InChI is InChI=1S/C10H16N2O2/c13-6-4-8-7-10(12-14-8)9-3-1-2-5-11-9/h7,9,11,13H,1-6H2. The van der Waals surface area contributed by atoms with Crippen LogP contribution in [0.25, 0.3) is 0 Å². The molecule has 0 saturated carbocycles. The highest BCUT2D eigenvalue weighted by Crippen LogP contribution is 2.22. The van der Waals surface area contributed by atoms with E-state index >= 15 is 0 Å². The first-order valence-electron chi connectivity index (χ1n) is 5.20. The lowest BCUT2D eigenvalue weighted by molar-refractivity contribution is 0.275. The fraction of sp³-hybridized carbons (Fsp3) is 0.700. The van der Waals surface area contributed by atoms with Crippen LogP contribution >= 0.6 is 0 Å². The van der Waals surface area contributed by atoms with Crippen LogP contribution in [0.4, 0.5) is 0 Å². The second-order valence-electron chi connectivity index (χ2n) is 3.69. The first-order valence-corrected chi connectivity index (χ1v) is 5.20. The summed E-state index contributed by atoms with van der Waals surface area (Å²) in [6.07, 6.45) is 4.18. The molecule has 2 N–H and O–H groups in total. The summed E-state index contributed by atoms with van der Waals surface area (Å²) in [4.78, 5) is 0. The Morgan fingerprint density at radius 1 is 1.57 bits per heavy atom. The summed E-state index contributed by atoms with van der Waals surface area (Å²) in [6, 6.07) is 2.29. The van der Waals surface area contributed by atoms with Crippen molar-refractivity contribution in [2.45, 2.75) is 31.7 Å². The molecule has 4 nitrogen and oxygen atoms in total. The summed E-state index contributed by atoms with van der Waals surface area (Å²) in [6.45, 7) is 1.18. The molecule has 0 aromatic carbocycles. The van der Waals surface area contributed by atoms with Crippen LogP contribution < -0.4 is 5.32 Å². The van der Waals surface area contributed by atoms with E-state index in [2.05, 4.69) is 10.5 Å². The molecule has 1 aliphatic heterocycles. The molecule has 1 aromatic heterocycles. The number of aliphatic hydroxyl groups is 1. The van der Waals surface area contributed by atoms with Crippen LogP contribution in [0.5, 0.6) is 0 Å². The number of aliphatic hydroxyl groups excluding tert-OH is 1. The van der Waals surface area contributed by atoms with Gasteiger partial charge in [-0.25, -0.2) is 0 Å². The van der Waals surface area contributed by atoms with Gasteiger partial charge in [0.25, 0.3) is 0 Å². The molecule has 0 spiro atoms. The summed E-state index contributed by atoms with van der Waals surface area (Å²) >= 11 is 0. The third kappa shape index (κ3) is 2.13. The van der Waals surface area contributed by atoms with Crippen LogP contribution in [-0.2, 0) is 6.42 Å². The van der Waals surface area contributed by atoms with Gasteiger partial charge in [-0.15, -0.1) is 0 Å². The molecular formula is C10H16N2O2.